The Morgan fingerprint density at radius 1 is 0.509 bits per heavy atom. The number of ether oxygens (including phenoxy) is 4. The number of carbonyl (C=O) groups is 6. The zero-order valence-corrected chi connectivity index (χ0v) is 33.3. The van der Waals surface area contributed by atoms with Crippen molar-refractivity contribution < 1.29 is 57.9 Å². The summed E-state index contributed by atoms with van der Waals surface area (Å²) in [6, 6.07) is -1.13. The van der Waals surface area contributed by atoms with Crippen molar-refractivity contribution in [2.45, 2.75) is 129 Å². The topological polar surface area (TPSA) is 228 Å². The molecule has 0 saturated heterocycles. The highest BCUT2D eigenvalue weighted by Gasteiger charge is 2.20. The fraction of sp³-hybridized carbons (Fsp3) is 0.795. The van der Waals surface area contributed by atoms with Gasteiger partial charge in [-0.25, -0.2) is 4.79 Å². The molecular formula is C39H70N4O12. The minimum absolute atomic E-state index is 0.0165. The molecular weight excluding hydrogens is 716 g/mol. The lowest BCUT2D eigenvalue weighted by molar-refractivity contribution is -0.142. The van der Waals surface area contributed by atoms with Crippen LogP contribution >= 0.6 is 0 Å². The standard InChI is InChI=1S/C39H70N4O12/c1-32(2)17-15-13-11-9-7-5-3-4-6-8-10-12-14-16-18-35(45)43-33(39(50)51)19-20-34(44)40-21-23-52-25-27-54-30-36(46)41-22-24-53-26-28-55-31-37(47)42-29-38(48)49/h33H,1,3-31H2,2H3,(H,40,44)(H,41,46)(H,42,47)(H,43,45)(H,48,49)(H,50,51). The normalized spacial score (nSPS) is 11.4. The third-order valence-corrected chi connectivity index (χ3v) is 8.34. The minimum Gasteiger partial charge on any atom is -0.480 e. The van der Waals surface area contributed by atoms with Gasteiger partial charge < -0.3 is 50.4 Å². The van der Waals surface area contributed by atoms with Gasteiger partial charge >= 0.3 is 11.9 Å². The summed E-state index contributed by atoms with van der Waals surface area (Å²) in [5, 5.41) is 27.9. The largest absolute Gasteiger partial charge is 0.480 e. The van der Waals surface area contributed by atoms with Crippen LogP contribution in [0.3, 0.4) is 0 Å². The molecule has 0 aromatic carbocycles. The molecule has 4 amide bonds. The number of nitrogens with one attached hydrogen (secondary N) is 4. The van der Waals surface area contributed by atoms with Crippen molar-refractivity contribution in [2.75, 3.05) is 72.5 Å². The van der Waals surface area contributed by atoms with Gasteiger partial charge in [0.2, 0.25) is 23.6 Å². The van der Waals surface area contributed by atoms with E-state index in [0.29, 0.717) is 6.42 Å². The molecule has 318 valence electrons. The molecule has 16 nitrogen and oxygen atoms in total. The molecule has 0 aromatic heterocycles. The number of hydrogen-bond acceptors (Lipinski definition) is 10. The van der Waals surface area contributed by atoms with Crippen LogP contribution in [0.2, 0.25) is 0 Å². The van der Waals surface area contributed by atoms with Crippen LogP contribution < -0.4 is 21.3 Å². The van der Waals surface area contributed by atoms with Crippen LogP contribution in [0.5, 0.6) is 0 Å². The summed E-state index contributed by atoms with van der Waals surface area (Å²) in [7, 11) is 0. The van der Waals surface area contributed by atoms with Crippen molar-refractivity contribution in [1.29, 1.82) is 0 Å². The van der Waals surface area contributed by atoms with E-state index < -0.39 is 30.4 Å². The smallest absolute Gasteiger partial charge is 0.326 e. The number of hydrogen-bond donors (Lipinski definition) is 6. The van der Waals surface area contributed by atoms with Gasteiger partial charge in [0.05, 0.1) is 39.6 Å². The summed E-state index contributed by atoms with van der Waals surface area (Å²) < 4.78 is 20.9. The Labute approximate surface area is 327 Å². The van der Waals surface area contributed by atoms with Crippen LogP contribution in [0, 0.1) is 0 Å². The van der Waals surface area contributed by atoms with Crippen LogP contribution in [-0.4, -0.2) is 124 Å². The summed E-state index contributed by atoms with van der Waals surface area (Å²) in [4.78, 5) is 69.5. The third kappa shape index (κ3) is 38.5. The zero-order chi connectivity index (χ0) is 40.8. The number of amides is 4. The molecule has 0 spiro atoms. The zero-order valence-electron chi connectivity index (χ0n) is 33.3. The van der Waals surface area contributed by atoms with Crippen LogP contribution in [0.15, 0.2) is 12.2 Å². The van der Waals surface area contributed by atoms with Crippen molar-refractivity contribution in [3.63, 3.8) is 0 Å². The maximum Gasteiger partial charge on any atom is 0.326 e. The van der Waals surface area contributed by atoms with Crippen LogP contribution in [0.25, 0.3) is 0 Å². The second kappa shape index (κ2) is 37.3. The fourth-order valence-corrected chi connectivity index (χ4v) is 5.29. The van der Waals surface area contributed by atoms with Crippen LogP contribution in [0.1, 0.15) is 122 Å². The van der Waals surface area contributed by atoms with Gasteiger partial charge in [0, 0.05) is 25.9 Å². The lowest BCUT2D eigenvalue weighted by Gasteiger charge is -2.14. The molecule has 0 radical (unpaired) electrons. The van der Waals surface area contributed by atoms with Gasteiger partial charge in [0.15, 0.2) is 0 Å². The number of rotatable bonds is 40. The molecule has 0 aromatic rings. The van der Waals surface area contributed by atoms with E-state index in [0.717, 1.165) is 25.7 Å². The van der Waals surface area contributed by atoms with Crippen molar-refractivity contribution in [3.05, 3.63) is 12.2 Å². The molecule has 0 aliphatic rings. The Hall–Kier alpha value is -3.60. The molecule has 0 bridgehead atoms. The van der Waals surface area contributed by atoms with Gasteiger partial charge in [-0.1, -0.05) is 82.6 Å². The van der Waals surface area contributed by atoms with E-state index in [-0.39, 0.29) is 103 Å². The van der Waals surface area contributed by atoms with E-state index in [9.17, 15) is 33.9 Å². The molecule has 1 atom stereocenters. The highest BCUT2D eigenvalue weighted by Crippen LogP contribution is 2.14. The first-order valence-electron chi connectivity index (χ1n) is 20.0. The quantitative estimate of drug-likeness (QED) is 0.0387. The summed E-state index contributed by atoms with van der Waals surface area (Å²) in [6.45, 7) is 6.68. The SMILES string of the molecule is C=C(C)CCCCCCCCCCCCCCCCC(=O)NC(CCC(=O)NCCOCCOCC(=O)NCCOCCOCC(=O)NCC(=O)O)C(=O)O. The summed E-state index contributed by atoms with van der Waals surface area (Å²) in [5.41, 5.74) is 1.28. The lowest BCUT2D eigenvalue weighted by Crippen LogP contribution is -2.41. The molecule has 16 heteroatoms. The number of allylic oxidation sites excluding steroid dienone is 1. The number of carboxylic acid groups (broad SMARTS) is 2. The van der Waals surface area contributed by atoms with E-state index in [1.54, 1.807) is 0 Å². The van der Waals surface area contributed by atoms with E-state index in [2.05, 4.69) is 34.8 Å². The van der Waals surface area contributed by atoms with Crippen molar-refractivity contribution in [2.24, 2.45) is 0 Å². The van der Waals surface area contributed by atoms with Gasteiger partial charge in [0.1, 0.15) is 25.8 Å². The molecule has 0 aliphatic carbocycles. The maximum absolute atomic E-state index is 12.3. The van der Waals surface area contributed by atoms with Gasteiger partial charge in [-0.2, -0.15) is 0 Å². The lowest BCUT2D eigenvalue weighted by atomic mass is 10.0. The average Bonchev–Trinajstić information content (AvgIpc) is 3.14. The fourth-order valence-electron chi connectivity index (χ4n) is 5.29. The van der Waals surface area contributed by atoms with Crippen LogP contribution in [0.4, 0.5) is 0 Å². The van der Waals surface area contributed by atoms with Gasteiger partial charge in [-0.15, -0.1) is 6.58 Å². The van der Waals surface area contributed by atoms with Gasteiger partial charge in [-0.05, 0) is 32.6 Å². The number of unbranched alkanes of at least 4 members (excludes halogenated alkanes) is 13. The molecule has 55 heavy (non-hydrogen) atoms. The minimum atomic E-state index is -1.17. The number of carbonyl (C=O) groups excluding carboxylic acids is 4. The predicted octanol–water partition coefficient (Wildman–Crippen LogP) is 3.65. The monoisotopic (exact) mass is 786 g/mol. The highest BCUT2D eigenvalue weighted by molar-refractivity contribution is 5.84. The molecule has 0 aliphatic heterocycles. The maximum atomic E-state index is 12.3. The van der Waals surface area contributed by atoms with E-state index >= 15 is 0 Å². The summed E-state index contributed by atoms with van der Waals surface area (Å²) in [5.74, 6) is -3.87. The van der Waals surface area contributed by atoms with Crippen LogP contribution in [-0.2, 0) is 47.7 Å². The highest BCUT2D eigenvalue weighted by atomic mass is 16.5. The molecule has 0 rings (SSSR count). The first-order chi connectivity index (χ1) is 26.5. The molecule has 1 unspecified atom stereocenters. The number of aliphatic carboxylic acids is 2. The first kappa shape index (κ1) is 51.4. The second-order valence-electron chi connectivity index (χ2n) is 13.6. The van der Waals surface area contributed by atoms with Gasteiger partial charge in [-0.3, -0.25) is 24.0 Å². The Kier molecular flexibility index (Phi) is 34.9. The number of carboxylic acids is 2. The first-order valence-corrected chi connectivity index (χ1v) is 20.0. The molecule has 6 N–H and O–H groups in total. The van der Waals surface area contributed by atoms with E-state index in [4.69, 9.17) is 24.1 Å². The van der Waals surface area contributed by atoms with Crippen molar-refractivity contribution in [1.82, 2.24) is 21.3 Å². The molecule has 0 heterocycles. The molecule has 0 fully saturated rings. The Morgan fingerprint density at radius 3 is 1.38 bits per heavy atom. The summed E-state index contributed by atoms with van der Waals surface area (Å²) in [6.07, 6.45) is 18.2. The third-order valence-electron chi connectivity index (χ3n) is 8.34. The second-order valence-corrected chi connectivity index (χ2v) is 13.6. The predicted molar refractivity (Wildman–Crippen MR) is 207 cm³/mol. The van der Waals surface area contributed by atoms with Crippen molar-refractivity contribution in [3.8, 4) is 0 Å². The summed E-state index contributed by atoms with van der Waals surface area (Å²) >= 11 is 0. The van der Waals surface area contributed by atoms with Crippen molar-refractivity contribution >= 4 is 35.6 Å². The molecule has 0 saturated carbocycles. The average molecular weight is 787 g/mol. The Morgan fingerprint density at radius 2 is 0.927 bits per heavy atom. The van der Waals surface area contributed by atoms with Gasteiger partial charge in [0.25, 0.3) is 0 Å². The Bertz CT molecular complexity index is 1080. The van der Waals surface area contributed by atoms with E-state index in [1.807, 2.05) is 0 Å². The van der Waals surface area contributed by atoms with E-state index in [1.165, 1.54) is 69.8 Å². The Balaban J connectivity index is 3.66.